The van der Waals surface area contributed by atoms with E-state index in [1.54, 1.807) is 12.1 Å². The molecule has 0 bridgehead atoms. The van der Waals surface area contributed by atoms with Gasteiger partial charge in [0.25, 0.3) is 0 Å². The molecule has 5 heteroatoms. The molecule has 0 unspecified atom stereocenters. The van der Waals surface area contributed by atoms with Gasteiger partial charge in [0, 0.05) is 5.56 Å². The lowest BCUT2D eigenvalue weighted by atomic mass is 10.1. The summed E-state index contributed by atoms with van der Waals surface area (Å²) in [5.41, 5.74) is 7.06. The predicted octanol–water partition coefficient (Wildman–Crippen LogP) is 2.73. The van der Waals surface area contributed by atoms with Crippen LogP contribution in [-0.2, 0) is 6.61 Å². The Morgan fingerprint density at radius 3 is 2.30 bits per heavy atom. The summed E-state index contributed by atoms with van der Waals surface area (Å²) in [4.78, 5) is 0. The lowest BCUT2D eigenvalue weighted by Crippen LogP contribution is -2.01. The van der Waals surface area contributed by atoms with Crippen LogP contribution in [0, 0.1) is 28.5 Å². The molecule has 0 radical (unpaired) electrons. The number of benzene rings is 2. The summed E-state index contributed by atoms with van der Waals surface area (Å²) in [5.74, 6) is -0.121. The summed E-state index contributed by atoms with van der Waals surface area (Å²) in [6, 6.07) is 12.6. The molecule has 2 N–H and O–H groups in total. The van der Waals surface area contributed by atoms with Crippen molar-refractivity contribution in [3.63, 3.8) is 0 Å². The van der Waals surface area contributed by atoms with E-state index in [1.165, 1.54) is 18.2 Å². The van der Waals surface area contributed by atoms with Gasteiger partial charge in [0.1, 0.15) is 18.2 Å². The number of nitrogens with two attached hydrogens (primary N) is 1. The first-order valence-electron chi connectivity index (χ1n) is 5.75. The molecule has 98 valence electrons. The standard InChI is InChI=1S/C15H10FN3O/c16-13-5-10(7-17)1-3-12(13)9-20-15-4-2-11(8-18)6-14(15)19/h1-6H,9,19H2. The fourth-order valence-corrected chi connectivity index (χ4v) is 1.64. The van der Waals surface area contributed by atoms with Gasteiger partial charge in [-0.25, -0.2) is 4.39 Å². The topological polar surface area (TPSA) is 82.8 Å². The molecule has 0 saturated heterocycles. The van der Waals surface area contributed by atoms with E-state index in [4.69, 9.17) is 21.0 Å². The third-order valence-corrected chi connectivity index (χ3v) is 2.70. The molecule has 0 aliphatic heterocycles. The van der Waals surface area contributed by atoms with Crippen LogP contribution in [0.4, 0.5) is 10.1 Å². The summed E-state index contributed by atoms with van der Waals surface area (Å²) in [6.45, 7) is -0.00631. The van der Waals surface area contributed by atoms with Crippen LogP contribution >= 0.6 is 0 Å². The van der Waals surface area contributed by atoms with Crippen LogP contribution in [0.3, 0.4) is 0 Å². The van der Waals surface area contributed by atoms with Crippen LogP contribution in [0.15, 0.2) is 36.4 Å². The number of anilines is 1. The minimum atomic E-state index is -0.503. The van der Waals surface area contributed by atoms with Gasteiger partial charge in [0.05, 0.1) is 29.0 Å². The lowest BCUT2D eigenvalue weighted by molar-refractivity contribution is 0.301. The number of rotatable bonds is 3. The van der Waals surface area contributed by atoms with E-state index < -0.39 is 5.82 Å². The Bertz CT molecular complexity index is 665. The number of nitrogens with zero attached hydrogens (tertiary/aromatic N) is 2. The van der Waals surface area contributed by atoms with Gasteiger partial charge in [-0.2, -0.15) is 10.5 Å². The smallest absolute Gasteiger partial charge is 0.142 e. The fourth-order valence-electron chi connectivity index (χ4n) is 1.64. The van der Waals surface area contributed by atoms with Crippen LogP contribution < -0.4 is 10.5 Å². The monoisotopic (exact) mass is 267 g/mol. The average Bonchev–Trinajstić information content (AvgIpc) is 2.46. The van der Waals surface area contributed by atoms with Crippen molar-refractivity contribution in [1.29, 1.82) is 10.5 Å². The van der Waals surface area contributed by atoms with Crippen molar-refractivity contribution in [3.8, 4) is 17.9 Å². The Hall–Kier alpha value is -3.05. The first-order chi connectivity index (χ1) is 9.63. The van der Waals surface area contributed by atoms with Gasteiger partial charge in [-0.15, -0.1) is 0 Å². The predicted molar refractivity (Wildman–Crippen MR) is 71.0 cm³/mol. The Balaban J connectivity index is 2.13. The van der Waals surface area contributed by atoms with Crippen molar-refractivity contribution in [2.45, 2.75) is 6.61 Å². The van der Waals surface area contributed by atoms with Gasteiger partial charge in [0.2, 0.25) is 0 Å². The average molecular weight is 267 g/mol. The van der Waals surface area contributed by atoms with Crippen LogP contribution in [-0.4, -0.2) is 0 Å². The van der Waals surface area contributed by atoms with Crippen molar-refractivity contribution in [1.82, 2.24) is 0 Å². The van der Waals surface area contributed by atoms with E-state index in [0.717, 1.165) is 6.07 Å². The molecule has 0 spiro atoms. The van der Waals surface area contributed by atoms with Gasteiger partial charge in [0.15, 0.2) is 0 Å². The molecule has 0 fully saturated rings. The SMILES string of the molecule is N#Cc1ccc(OCc2ccc(C#N)cc2F)c(N)c1. The quantitative estimate of drug-likeness (QED) is 0.867. The van der Waals surface area contributed by atoms with E-state index in [-0.39, 0.29) is 12.2 Å². The van der Waals surface area contributed by atoms with Crippen LogP contribution in [0.25, 0.3) is 0 Å². The number of nitriles is 2. The molecule has 2 aromatic rings. The van der Waals surface area contributed by atoms with Gasteiger partial charge in [-0.05, 0) is 30.3 Å². The molecular formula is C15H10FN3O. The maximum Gasteiger partial charge on any atom is 0.142 e. The molecular weight excluding hydrogens is 257 g/mol. The zero-order valence-electron chi connectivity index (χ0n) is 10.4. The summed E-state index contributed by atoms with van der Waals surface area (Å²) in [5, 5.41) is 17.4. The second-order valence-electron chi connectivity index (χ2n) is 4.07. The molecule has 0 heterocycles. The maximum atomic E-state index is 13.7. The van der Waals surface area contributed by atoms with Gasteiger partial charge in [-0.1, -0.05) is 6.07 Å². The summed E-state index contributed by atoms with van der Waals surface area (Å²) in [6.07, 6.45) is 0. The molecule has 2 rings (SSSR count). The van der Waals surface area contributed by atoms with E-state index >= 15 is 0 Å². The third-order valence-electron chi connectivity index (χ3n) is 2.70. The fraction of sp³-hybridized carbons (Fsp3) is 0.0667. The molecule has 4 nitrogen and oxygen atoms in total. The number of hydrogen-bond acceptors (Lipinski definition) is 4. The minimum absolute atomic E-state index is 0.00631. The summed E-state index contributed by atoms with van der Waals surface area (Å²) >= 11 is 0. The molecule has 2 aromatic carbocycles. The number of hydrogen-bond donors (Lipinski definition) is 1. The zero-order chi connectivity index (χ0) is 14.5. The third kappa shape index (κ3) is 2.85. The van der Waals surface area contributed by atoms with Crippen molar-refractivity contribution in [2.75, 3.05) is 5.73 Å². The first kappa shape index (κ1) is 13.4. The highest BCUT2D eigenvalue weighted by molar-refractivity contribution is 5.56. The molecule has 0 aliphatic rings. The van der Waals surface area contributed by atoms with Gasteiger partial charge < -0.3 is 10.5 Å². The molecule has 0 aromatic heterocycles. The second-order valence-corrected chi connectivity index (χ2v) is 4.07. The van der Waals surface area contributed by atoms with E-state index in [2.05, 4.69) is 0 Å². The normalized spacial score (nSPS) is 9.55. The molecule has 0 atom stereocenters. The molecule has 0 saturated carbocycles. The van der Waals surface area contributed by atoms with Crippen LogP contribution in [0.5, 0.6) is 5.75 Å². The molecule has 0 amide bonds. The minimum Gasteiger partial charge on any atom is -0.487 e. The summed E-state index contributed by atoms with van der Waals surface area (Å²) in [7, 11) is 0. The lowest BCUT2D eigenvalue weighted by Gasteiger charge is -2.09. The van der Waals surface area contributed by atoms with E-state index in [9.17, 15) is 4.39 Å². The summed E-state index contributed by atoms with van der Waals surface area (Å²) < 4.78 is 19.1. The van der Waals surface area contributed by atoms with Crippen molar-refractivity contribution < 1.29 is 9.13 Å². The van der Waals surface area contributed by atoms with E-state index in [1.807, 2.05) is 12.1 Å². The van der Waals surface area contributed by atoms with Gasteiger partial charge in [-0.3, -0.25) is 0 Å². The Labute approximate surface area is 115 Å². The highest BCUT2D eigenvalue weighted by Crippen LogP contribution is 2.23. The van der Waals surface area contributed by atoms with Crippen molar-refractivity contribution in [2.24, 2.45) is 0 Å². The second kappa shape index (κ2) is 5.73. The van der Waals surface area contributed by atoms with Crippen LogP contribution in [0.1, 0.15) is 16.7 Å². The van der Waals surface area contributed by atoms with Crippen molar-refractivity contribution in [3.05, 3.63) is 58.9 Å². The zero-order valence-corrected chi connectivity index (χ0v) is 10.4. The molecule has 20 heavy (non-hydrogen) atoms. The van der Waals surface area contributed by atoms with Gasteiger partial charge >= 0.3 is 0 Å². The van der Waals surface area contributed by atoms with Crippen molar-refractivity contribution >= 4 is 5.69 Å². The first-order valence-corrected chi connectivity index (χ1v) is 5.75. The number of halogens is 1. The highest BCUT2D eigenvalue weighted by Gasteiger charge is 2.07. The highest BCUT2D eigenvalue weighted by atomic mass is 19.1. The molecule has 0 aliphatic carbocycles. The Morgan fingerprint density at radius 2 is 1.70 bits per heavy atom. The van der Waals surface area contributed by atoms with E-state index in [0.29, 0.717) is 22.6 Å². The number of ether oxygens (including phenoxy) is 1. The largest absolute Gasteiger partial charge is 0.487 e. The number of nitrogen functional groups attached to an aromatic ring is 1. The Kier molecular flexibility index (Phi) is 3.83. The maximum absolute atomic E-state index is 13.7. The Morgan fingerprint density at radius 1 is 1.05 bits per heavy atom. The van der Waals surface area contributed by atoms with Crippen LogP contribution in [0.2, 0.25) is 0 Å².